The maximum Gasteiger partial charge on any atom is 0.349 e. The number of nitrogens with zero attached hydrogens (tertiary/aromatic N) is 3. The van der Waals surface area contributed by atoms with Crippen molar-refractivity contribution in [2.75, 3.05) is 44.2 Å². The van der Waals surface area contributed by atoms with Crippen LogP contribution in [-0.2, 0) is 14.6 Å². The molecule has 198 valence electrons. The van der Waals surface area contributed by atoms with Gasteiger partial charge in [0.2, 0.25) is 9.84 Å². The number of benzene rings is 2. The number of carbonyl (C=O) groups excluding carboxylic acids is 2. The Morgan fingerprint density at radius 1 is 0.974 bits per heavy atom. The number of fused-ring (bicyclic) bond motifs is 2. The molecule has 0 radical (unpaired) electrons. The topological polar surface area (TPSA) is 108 Å². The van der Waals surface area contributed by atoms with Gasteiger partial charge in [0.05, 0.1) is 4.90 Å². The lowest BCUT2D eigenvalue weighted by atomic mass is 10.1. The van der Waals surface area contributed by atoms with E-state index in [2.05, 4.69) is 20.8 Å². The van der Waals surface area contributed by atoms with Crippen LogP contribution in [0.4, 0.5) is 5.69 Å². The van der Waals surface area contributed by atoms with Gasteiger partial charge in [-0.3, -0.25) is 9.59 Å². The van der Waals surface area contributed by atoms with E-state index >= 15 is 0 Å². The molecular formula is C27H26BrN3O6S. The summed E-state index contributed by atoms with van der Waals surface area (Å²) in [7, 11) is -3.95. The monoisotopic (exact) mass is 599 g/mol. The number of hydrogen-bond donors (Lipinski definition) is 0. The Bertz CT molecular complexity index is 1650. The molecule has 0 aliphatic carbocycles. The minimum Gasteiger partial charge on any atom is -0.422 e. The Balaban J connectivity index is 1.31. The van der Waals surface area contributed by atoms with E-state index in [4.69, 9.17) is 4.42 Å². The van der Waals surface area contributed by atoms with Gasteiger partial charge in [0.1, 0.15) is 16.1 Å². The molecule has 11 heteroatoms. The summed E-state index contributed by atoms with van der Waals surface area (Å²) >= 11 is 3.26. The second kappa shape index (κ2) is 10.0. The number of rotatable bonds is 5. The number of halogens is 1. The van der Waals surface area contributed by atoms with Crippen LogP contribution in [0.25, 0.3) is 17.0 Å². The maximum atomic E-state index is 13.2. The lowest BCUT2D eigenvalue weighted by molar-refractivity contribution is -0.127. The average molecular weight is 600 g/mol. The van der Waals surface area contributed by atoms with E-state index in [1.165, 1.54) is 21.9 Å². The van der Waals surface area contributed by atoms with Gasteiger partial charge in [-0.05, 0) is 65.7 Å². The highest BCUT2D eigenvalue weighted by Gasteiger charge is 2.39. The molecule has 0 saturated carbocycles. The predicted molar refractivity (Wildman–Crippen MR) is 148 cm³/mol. The fourth-order valence-electron chi connectivity index (χ4n) is 4.90. The highest BCUT2D eigenvalue weighted by Crippen LogP contribution is 2.38. The highest BCUT2D eigenvalue weighted by molar-refractivity contribution is 9.10. The molecule has 0 unspecified atom stereocenters. The second-order valence-corrected chi connectivity index (χ2v) is 11.8. The Morgan fingerprint density at radius 2 is 1.63 bits per heavy atom. The fraction of sp³-hybridized carbons (Fsp3) is 0.296. The van der Waals surface area contributed by atoms with Gasteiger partial charge in [-0.2, -0.15) is 0 Å². The fourth-order valence-corrected chi connectivity index (χ4v) is 7.55. The summed E-state index contributed by atoms with van der Waals surface area (Å²) < 4.78 is 32.0. The standard InChI is InChI=1S/C27H26BrN3O6S/c1-3-29(4-2)19-9-8-17-14-20(27(34)37-22(17)16-19)25(32)30-10-12-31(13-11-30)26(33)23-15-18-6-5-7-21(28)24(18)38(23,35)36/h5-9,14-16H,3-4,10-13H2,1-2H3. The summed E-state index contributed by atoms with van der Waals surface area (Å²) in [4.78, 5) is 43.9. The Morgan fingerprint density at radius 3 is 2.26 bits per heavy atom. The molecule has 0 spiro atoms. The van der Waals surface area contributed by atoms with Crippen LogP contribution in [0.3, 0.4) is 0 Å². The van der Waals surface area contributed by atoms with Crippen molar-refractivity contribution in [1.29, 1.82) is 0 Å². The van der Waals surface area contributed by atoms with E-state index in [1.807, 2.05) is 26.0 Å². The van der Waals surface area contributed by atoms with Crippen molar-refractivity contribution in [1.82, 2.24) is 9.80 Å². The van der Waals surface area contributed by atoms with Crippen molar-refractivity contribution >= 4 is 60.3 Å². The molecule has 0 N–H and O–H groups in total. The van der Waals surface area contributed by atoms with Gasteiger partial charge in [0.15, 0.2) is 0 Å². The number of anilines is 1. The van der Waals surface area contributed by atoms with Crippen LogP contribution in [0.5, 0.6) is 0 Å². The van der Waals surface area contributed by atoms with Crippen molar-refractivity contribution in [2.45, 2.75) is 18.7 Å². The minimum absolute atomic E-state index is 0.0748. The predicted octanol–water partition coefficient (Wildman–Crippen LogP) is 3.51. The SMILES string of the molecule is CCN(CC)c1ccc2cc(C(=O)N3CCN(C(=O)C4=Cc5cccc(Br)c5S4(=O)=O)CC3)c(=O)oc2c1. The number of carbonyl (C=O) groups is 2. The van der Waals surface area contributed by atoms with Gasteiger partial charge in [0, 0.05) is 60.9 Å². The number of amides is 2. The molecule has 3 aromatic rings. The van der Waals surface area contributed by atoms with Crippen LogP contribution in [0.1, 0.15) is 29.8 Å². The van der Waals surface area contributed by atoms with Crippen LogP contribution >= 0.6 is 15.9 Å². The summed E-state index contributed by atoms with van der Waals surface area (Å²) in [5.74, 6) is -1.08. The molecule has 2 aliphatic rings. The summed E-state index contributed by atoms with van der Waals surface area (Å²) in [6.07, 6.45) is 1.39. The molecule has 2 aromatic carbocycles. The van der Waals surface area contributed by atoms with Gasteiger partial charge in [-0.1, -0.05) is 12.1 Å². The van der Waals surface area contributed by atoms with Gasteiger partial charge in [-0.25, -0.2) is 13.2 Å². The zero-order valence-corrected chi connectivity index (χ0v) is 23.3. The van der Waals surface area contributed by atoms with Gasteiger partial charge >= 0.3 is 5.63 Å². The quantitative estimate of drug-likeness (QED) is 0.413. The molecule has 1 fully saturated rings. The van der Waals surface area contributed by atoms with E-state index in [9.17, 15) is 22.8 Å². The van der Waals surface area contributed by atoms with E-state index in [1.54, 1.807) is 24.3 Å². The molecule has 2 aliphatic heterocycles. The normalized spacial score (nSPS) is 16.3. The van der Waals surface area contributed by atoms with Crippen LogP contribution in [-0.4, -0.2) is 69.3 Å². The van der Waals surface area contributed by atoms with Crippen molar-refractivity contribution in [3.8, 4) is 0 Å². The van der Waals surface area contributed by atoms with Crippen LogP contribution < -0.4 is 10.5 Å². The van der Waals surface area contributed by atoms with Crippen LogP contribution in [0.2, 0.25) is 0 Å². The Hall–Kier alpha value is -3.44. The van der Waals surface area contributed by atoms with E-state index in [0.29, 0.717) is 21.0 Å². The smallest absolute Gasteiger partial charge is 0.349 e. The van der Waals surface area contributed by atoms with Crippen molar-refractivity contribution < 1.29 is 22.4 Å². The van der Waals surface area contributed by atoms with E-state index in [-0.39, 0.29) is 41.5 Å². The first-order valence-corrected chi connectivity index (χ1v) is 14.6. The van der Waals surface area contributed by atoms with Crippen molar-refractivity contribution in [3.05, 3.63) is 73.4 Å². The molecule has 3 heterocycles. The molecule has 2 amide bonds. The first kappa shape index (κ1) is 26.2. The average Bonchev–Trinajstić information content (AvgIpc) is 3.19. The van der Waals surface area contributed by atoms with Crippen molar-refractivity contribution in [3.63, 3.8) is 0 Å². The van der Waals surface area contributed by atoms with Gasteiger partial charge < -0.3 is 19.1 Å². The van der Waals surface area contributed by atoms with Crippen molar-refractivity contribution in [2.24, 2.45) is 0 Å². The third kappa shape index (κ3) is 4.43. The first-order valence-electron chi connectivity index (χ1n) is 12.3. The zero-order chi connectivity index (χ0) is 27.2. The lowest BCUT2D eigenvalue weighted by Gasteiger charge is -2.34. The number of sulfone groups is 1. The summed E-state index contributed by atoms with van der Waals surface area (Å²) in [5.41, 5.74) is 1.01. The Labute approximate surface area is 228 Å². The minimum atomic E-state index is -3.95. The molecule has 1 aromatic heterocycles. The number of hydrogen-bond acceptors (Lipinski definition) is 7. The summed E-state index contributed by atoms with van der Waals surface area (Å²) in [6, 6.07) is 12.1. The third-order valence-electron chi connectivity index (χ3n) is 6.99. The van der Waals surface area contributed by atoms with Crippen LogP contribution in [0, 0.1) is 0 Å². The first-order chi connectivity index (χ1) is 18.1. The third-order valence-corrected chi connectivity index (χ3v) is 9.77. The van der Waals surface area contributed by atoms with E-state index < -0.39 is 27.3 Å². The second-order valence-electron chi connectivity index (χ2n) is 9.10. The summed E-state index contributed by atoms with van der Waals surface area (Å²) in [6.45, 7) is 6.30. The Kier molecular flexibility index (Phi) is 6.91. The molecule has 5 rings (SSSR count). The van der Waals surface area contributed by atoms with Gasteiger partial charge in [0.25, 0.3) is 11.8 Å². The summed E-state index contributed by atoms with van der Waals surface area (Å²) in [5, 5.41) is 0.641. The van der Waals surface area contributed by atoms with Crippen LogP contribution in [0.15, 0.2) is 65.9 Å². The molecular weight excluding hydrogens is 574 g/mol. The largest absolute Gasteiger partial charge is 0.422 e. The molecule has 0 atom stereocenters. The number of piperazine rings is 1. The maximum absolute atomic E-state index is 13.2. The zero-order valence-electron chi connectivity index (χ0n) is 20.9. The molecule has 0 bridgehead atoms. The van der Waals surface area contributed by atoms with Gasteiger partial charge in [-0.15, -0.1) is 0 Å². The molecule has 9 nitrogen and oxygen atoms in total. The molecule has 1 saturated heterocycles. The molecule has 38 heavy (non-hydrogen) atoms. The highest BCUT2D eigenvalue weighted by atomic mass is 79.9. The van der Waals surface area contributed by atoms with E-state index in [0.717, 1.165) is 18.8 Å². The lowest BCUT2D eigenvalue weighted by Crippen LogP contribution is -2.51.